The number of carbonyl (C=O) groups is 1. The van der Waals surface area contributed by atoms with Crippen LogP contribution in [0.4, 0.5) is 5.69 Å². The lowest BCUT2D eigenvalue weighted by atomic mass is 10.1. The number of aryl methyl sites for hydroxylation is 3. The van der Waals surface area contributed by atoms with Crippen LogP contribution in [-0.4, -0.2) is 28.6 Å². The van der Waals surface area contributed by atoms with Gasteiger partial charge in [-0.25, -0.2) is 4.98 Å². The summed E-state index contributed by atoms with van der Waals surface area (Å²) >= 11 is 0. The van der Waals surface area contributed by atoms with E-state index in [0.717, 1.165) is 39.4 Å². The van der Waals surface area contributed by atoms with Gasteiger partial charge in [-0.2, -0.15) is 0 Å². The van der Waals surface area contributed by atoms with E-state index >= 15 is 0 Å². The van der Waals surface area contributed by atoms with Gasteiger partial charge < -0.3 is 14.2 Å². The van der Waals surface area contributed by atoms with Crippen LogP contribution in [0.1, 0.15) is 34.9 Å². The summed E-state index contributed by atoms with van der Waals surface area (Å²) < 4.78 is 8.27. The predicted molar refractivity (Wildman–Crippen MR) is 132 cm³/mol. The van der Waals surface area contributed by atoms with Crippen molar-refractivity contribution < 1.29 is 9.53 Å². The van der Waals surface area contributed by atoms with Crippen LogP contribution in [0.25, 0.3) is 11.0 Å². The molecule has 5 heteroatoms. The zero-order valence-corrected chi connectivity index (χ0v) is 19.4. The SMILES string of the molecule is Cc1cccc(OCCn2c([C@H]3CC(=O)N(c4cc(C)ccc4C)C3)nc3ccccc32)c1. The van der Waals surface area contributed by atoms with E-state index in [1.165, 1.54) is 5.56 Å². The molecule has 0 radical (unpaired) electrons. The second-order valence-corrected chi connectivity index (χ2v) is 8.97. The van der Waals surface area contributed by atoms with Crippen molar-refractivity contribution in [2.24, 2.45) is 0 Å². The summed E-state index contributed by atoms with van der Waals surface area (Å²) in [7, 11) is 0. The number of ether oxygens (including phenoxy) is 1. The summed E-state index contributed by atoms with van der Waals surface area (Å²) in [6.07, 6.45) is 0.468. The number of hydrogen-bond donors (Lipinski definition) is 0. The molecule has 168 valence electrons. The van der Waals surface area contributed by atoms with Crippen LogP contribution in [0.3, 0.4) is 0 Å². The number of hydrogen-bond acceptors (Lipinski definition) is 3. The molecule has 2 heterocycles. The van der Waals surface area contributed by atoms with Gasteiger partial charge in [0.1, 0.15) is 18.2 Å². The van der Waals surface area contributed by atoms with Gasteiger partial charge in [0.05, 0.1) is 17.6 Å². The second kappa shape index (κ2) is 8.74. The maximum atomic E-state index is 13.0. The number of carbonyl (C=O) groups excluding carboxylic acids is 1. The van der Waals surface area contributed by atoms with Crippen molar-refractivity contribution >= 4 is 22.6 Å². The molecule has 1 atom stereocenters. The number of anilines is 1. The van der Waals surface area contributed by atoms with Crippen LogP contribution in [0.15, 0.2) is 66.7 Å². The molecule has 33 heavy (non-hydrogen) atoms. The fourth-order valence-corrected chi connectivity index (χ4v) is 4.72. The van der Waals surface area contributed by atoms with Crippen molar-refractivity contribution in [2.75, 3.05) is 18.1 Å². The fourth-order valence-electron chi connectivity index (χ4n) is 4.72. The van der Waals surface area contributed by atoms with Gasteiger partial charge in [0.25, 0.3) is 0 Å². The minimum absolute atomic E-state index is 0.0452. The third kappa shape index (κ3) is 4.23. The number of imidazole rings is 1. The first-order valence-electron chi connectivity index (χ1n) is 11.5. The Bertz CT molecular complexity index is 1320. The molecule has 1 aromatic heterocycles. The molecule has 5 rings (SSSR count). The number of aromatic nitrogens is 2. The Morgan fingerprint density at radius 2 is 1.79 bits per heavy atom. The quantitative estimate of drug-likeness (QED) is 0.395. The largest absolute Gasteiger partial charge is 0.492 e. The maximum absolute atomic E-state index is 13.0. The normalized spacial score (nSPS) is 16.0. The van der Waals surface area contributed by atoms with E-state index in [0.29, 0.717) is 26.1 Å². The van der Waals surface area contributed by atoms with Gasteiger partial charge in [-0.15, -0.1) is 0 Å². The molecule has 1 saturated heterocycles. The number of fused-ring (bicyclic) bond motifs is 1. The molecule has 0 saturated carbocycles. The molecule has 1 aliphatic heterocycles. The minimum Gasteiger partial charge on any atom is -0.492 e. The smallest absolute Gasteiger partial charge is 0.227 e. The zero-order chi connectivity index (χ0) is 22.9. The van der Waals surface area contributed by atoms with E-state index in [-0.39, 0.29) is 11.8 Å². The third-order valence-corrected chi connectivity index (χ3v) is 6.40. The standard InChI is InChI=1S/C28H29N3O2/c1-19-7-6-8-23(15-19)33-14-13-30-25-10-5-4-9-24(25)29-28(30)22-17-27(32)31(18-22)26-16-20(2)11-12-21(26)3/h4-12,15-16,22H,13-14,17-18H2,1-3H3/t22-/m0/s1. The van der Waals surface area contributed by atoms with Gasteiger partial charge in [0.2, 0.25) is 5.91 Å². The average molecular weight is 440 g/mol. The summed E-state index contributed by atoms with van der Waals surface area (Å²) in [5.74, 6) is 2.04. The second-order valence-electron chi connectivity index (χ2n) is 8.97. The summed E-state index contributed by atoms with van der Waals surface area (Å²) in [5.41, 5.74) is 6.51. The lowest BCUT2D eigenvalue weighted by molar-refractivity contribution is -0.117. The molecule has 1 aliphatic rings. The van der Waals surface area contributed by atoms with Crippen molar-refractivity contribution in [3.05, 3.63) is 89.2 Å². The van der Waals surface area contributed by atoms with Crippen molar-refractivity contribution in [3.8, 4) is 5.75 Å². The van der Waals surface area contributed by atoms with Crippen molar-refractivity contribution in [2.45, 2.75) is 39.7 Å². The Balaban J connectivity index is 1.42. The number of amides is 1. The molecule has 1 fully saturated rings. The van der Waals surface area contributed by atoms with E-state index in [1.54, 1.807) is 0 Å². The number of nitrogens with zero attached hydrogens (tertiary/aromatic N) is 3. The van der Waals surface area contributed by atoms with Crippen LogP contribution in [0.5, 0.6) is 5.75 Å². The molecule has 5 nitrogen and oxygen atoms in total. The Labute approximate surface area is 194 Å². The minimum atomic E-state index is 0.0452. The Kier molecular flexibility index (Phi) is 5.63. The van der Waals surface area contributed by atoms with Crippen LogP contribution < -0.4 is 9.64 Å². The van der Waals surface area contributed by atoms with Gasteiger partial charge in [-0.05, 0) is 67.8 Å². The highest BCUT2D eigenvalue weighted by molar-refractivity contribution is 5.97. The molecule has 0 N–H and O–H groups in total. The topological polar surface area (TPSA) is 47.4 Å². The highest BCUT2D eigenvalue weighted by atomic mass is 16.5. The molecular weight excluding hydrogens is 410 g/mol. The Morgan fingerprint density at radius 3 is 2.64 bits per heavy atom. The monoisotopic (exact) mass is 439 g/mol. The van der Waals surface area contributed by atoms with Gasteiger partial charge in [-0.3, -0.25) is 4.79 Å². The van der Waals surface area contributed by atoms with E-state index in [9.17, 15) is 4.79 Å². The highest BCUT2D eigenvalue weighted by Gasteiger charge is 2.35. The molecule has 0 spiro atoms. The lowest BCUT2D eigenvalue weighted by Crippen LogP contribution is -2.25. The first kappa shape index (κ1) is 21.3. The molecule has 0 aliphatic carbocycles. The maximum Gasteiger partial charge on any atom is 0.227 e. The van der Waals surface area contributed by atoms with Gasteiger partial charge in [-0.1, -0.05) is 36.4 Å². The van der Waals surface area contributed by atoms with E-state index in [2.05, 4.69) is 55.7 Å². The van der Waals surface area contributed by atoms with Crippen LogP contribution >= 0.6 is 0 Å². The summed E-state index contributed by atoms with van der Waals surface area (Å²) in [6, 6.07) is 22.6. The first-order valence-corrected chi connectivity index (χ1v) is 11.5. The third-order valence-electron chi connectivity index (χ3n) is 6.40. The molecule has 4 aromatic rings. The fraction of sp³-hybridized carbons (Fsp3) is 0.286. The van der Waals surface area contributed by atoms with E-state index < -0.39 is 0 Å². The first-order chi connectivity index (χ1) is 16.0. The molecule has 0 unspecified atom stereocenters. The van der Waals surface area contributed by atoms with Crippen LogP contribution in [0.2, 0.25) is 0 Å². The number of rotatable bonds is 6. The molecular formula is C28H29N3O2. The molecule has 3 aromatic carbocycles. The molecule has 0 bridgehead atoms. The Morgan fingerprint density at radius 1 is 0.970 bits per heavy atom. The predicted octanol–water partition coefficient (Wildman–Crippen LogP) is 5.56. The summed E-state index contributed by atoms with van der Waals surface area (Å²) in [5, 5.41) is 0. The van der Waals surface area contributed by atoms with Crippen molar-refractivity contribution in [3.63, 3.8) is 0 Å². The average Bonchev–Trinajstić information content (AvgIpc) is 3.36. The van der Waals surface area contributed by atoms with E-state index in [4.69, 9.17) is 9.72 Å². The van der Waals surface area contributed by atoms with Crippen molar-refractivity contribution in [1.82, 2.24) is 9.55 Å². The van der Waals surface area contributed by atoms with Gasteiger partial charge in [0.15, 0.2) is 0 Å². The number of para-hydroxylation sites is 2. The summed E-state index contributed by atoms with van der Waals surface area (Å²) in [4.78, 5) is 19.9. The lowest BCUT2D eigenvalue weighted by Gasteiger charge is -2.20. The Hall–Kier alpha value is -3.60. The zero-order valence-electron chi connectivity index (χ0n) is 19.4. The van der Waals surface area contributed by atoms with E-state index in [1.807, 2.05) is 41.3 Å². The molecule has 1 amide bonds. The van der Waals surface area contributed by atoms with Crippen LogP contribution in [-0.2, 0) is 11.3 Å². The van der Waals surface area contributed by atoms with Gasteiger partial charge in [0, 0.05) is 24.6 Å². The number of benzene rings is 3. The van der Waals surface area contributed by atoms with Gasteiger partial charge >= 0.3 is 0 Å². The summed E-state index contributed by atoms with van der Waals surface area (Å²) in [6.45, 7) is 8.05. The van der Waals surface area contributed by atoms with Crippen molar-refractivity contribution in [1.29, 1.82) is 0 Å². The highest BCUT2D eigenvalue weighted by Crippen LogP contribution is 2.34. The van der Waals surface area contributed by atoms with Crippen LogP contribution in [0, 0.1) is 20.8 Å².